The maximum absolute atomic E-state index is 12.2. The number of carbonyl (C=O) groups excluding carboxylic acids is 1. The molecule has 2 rings (SSSR count). The molecule has 0 saturated carbocycles. The summed E-state index contributed by atoms with van der Waals surface area (Å²) in [5, 5.41) is 12.8. The molecule has 0 unspecified atom stereocenters. The summed E-state index contributed by atoms with van der Waals surface area (Å²) in [6.45, 7) is 4.75. The van der Waals surface area contributed by atoms with E-state index >= 15 is 0 Å². The summed E-state index contributed by atoms with van der Waals surface area (Å²) >= 11 is 0. The van der Waals surface area contributed by atoms with Gasteiger partial charge in [0.15, 0.2) is 0 Å². The quantitative estimate of drug-likeness (QED) is 0.778. The van der Waals surface area contributed by atoms with Crippen molar-refractivity contribution in [1.82, 2.24) is 10.2 Å². The van der Waals surface area contributed by atoms with Gasteiger partial charge >= 0.3 is 0 Å². The number of aryl methyl sites for hydroxylation is 2. The van der Waals surface area contributed by atoms with Crippen molar-refractivity contribution in [2.24, 2.45) is 0 Å². The number of carbonyl (C=O) groups is 1. The minimum absolute atomic E-state index is 0.105. The van der Waals surface area contributed by atoms with Crippen LogP contribution < -0.4 is 5.32 Å². The number of hydrogen-bond acceptors (Lipinski definition) is 4. The molecule has 1 aromatic heterocycles. The second-order valence-electron chi connectivity index (χ2n) is 4.54. The molecule has 5 heteroatoms. The molecule has 1 saturated heterocycles. The number of hydrogen-bond donors (Lipinski definition) is 2. The number of aliphatic hydroxyl groups is 1. The van der Waals surface area contributed by atoms with E-state index in [0.29, 0.717) is 24.4 Å². The third-order valence-corrected chi connectivity index (χ3v) is 3.24. The summed E-state index contributed by atoms with van der Waals surface area (Å²) in [5.41, 5.74) is 0.573. The van der Waals surface area contributed by atoms with E-state index in [1.165, 1.54) is 0 Å². The van der Waals surface area contributed by atoms with Gasteiger partial charge in [0.2, 0.25) is 0 Å². The average Bonchev–Trinajstić information content (AvgIpc) is 2.82. The maximum Gasteiger partial charge on any atom is 0.257 e. The zero-order chi connectivity index (χ0) is 12.6. The first-order valence-corrected chi connectivity index (χ1v) is 5.73. The lowest BCUT2D eigenvalue weighted by molar-refractivity contribution is 0.0579. The van der Waals surface area contributed by atoms with Gasteiger partial charge in [0.25, 0.3) is 5.91 Å². The van der Waals surface area contributed by atoms with Gasteiger partial charge < -0.3 is 19.7 Å². The standard InChI is InChI=1S/C12H18N2O3/c1-7-4-9(8(2)17-7)12(16)14(3)10-5-13-6-11(10)15/h4,10-11,13,15H,5-6H2,1-3H3/t10-,11-/m1/s1. The molecular weight excluding hydrogens is 220 g/mol. The molecule has 94 valence electrons. The Labute approximate surface area is 100 Å². The van der Waals surface area contributed by atoms with Crippen LogP contribution in [-0.4, -0.2) is 48.2 Å². The number of β-amino-alcohol motifs (C(OH)–C–C–N with tert-alkyl or cyclic N) is 1. The minimum atomic E-state index is -0.503. The van der Waals surface area contributed by atoms with E-state index in [1.54, 1.807) is 24.9 Å². The molecule has 0 aromatic carbocycles. The van der Waals surface area contributed by atoms with Crippen LogP contribution in [0.2, 0.25) is 0 Å². The predicted octanol–water partition coefficient (Wildman–Crippen LogP) is 0.301. The Hall–Kier alpha value is -1.33. The van der Waals surface area contributed by atoms with Crippen molar-refractivity contribution in [2.75, 3.05) is 20.1 Å². The van der Waals surface area contributed by atoms with Crippen LogP contribution in [0.3, 0.4) is 0 Å². The van der Waals surface area contributed by atoms with Crippen molar-refractivity contribution in [3.05, 3.63) is 23.2 Å². The van der Waals surface area contributed by atoms with Crippen molar-refractivity contribution >= 4 is 5.91 Å². The Balaban J connectivity index is 2.17. The highest BCUT2D eigenvalue weighted by atomic mass is 16.3. The normalized spacial score (nSPS) is 24.0. The summed E-state index contributed by atoms with van der Waals surface area (Å²) in [6, 6.07) is 1.57. The van der Waals surface area contributed by atoms with Crippen LogP contribution in [-0.2, 0) is 0 Å². The first-order chi connectivity index (χ1) is 8.00. The zero-order valence-electron chi connectivity index (χ0n) is 10.4. The molecule has 1 aromatic rings. The Bertz CT molecular complexity index is 427. The van der Waals surface area contributed by atoms with Gasteiger partial charge in [-0.2, -0.15) is 0 Å². The van der Waals surface area contributed by atoms with Gasteiger partial charge in [0, 0.05) is 20.1 Å². The molecule has 1 fully saturated rings. The highest BCUT2D eigenvalue weighted by Gasteiger charge is 2.32. The predicted molar refractivity (Wildman–Crippen MR) is 62.9 cm³/mol. The Morgan fingerprint density at radius 1 is 1.53 bits per heavy atom. The van der Waals surface area contributed by atoms with E-state index in [1.807, 2.05) is 6.92 Å². The van der Waals surface area contributed by atoms with Crippen molar-refractivity contribution < 1.29 is 14.3 Å². The minimum Gasteiger partial charge on any atom is -0.466 e. The van der Waals surface area contributed by atoms with Gasteiger partial charge in [-0.1, -0.05) is 0 Å². The van der Waals surface area contributed by atoms with Crippen LogP contribution in [0.15, 0.2) is 10.5 Å². The van der Waals surface area contributed by atoms with Crippen molar-refractivity contribution in [1.29, 1.82) is 0 Å². The molecule has 0 spiro atoms. The van der Waals surface area contributed by atoms with Gasteiger partial charge in [0.05, 0.1) is 17.7 Å². The monoisotopic (exact) mass is 238 g/mol. The van der Waals surface area contributed by atoms with E-state index in [9.17, 15) is 9.90 Å². The number of likely N-dealkylation sites (N-methyl/N-ethyl adjacent to an activating group) is 1. The molecular formula is C12H18N2O3. The fourth-order valence-corrected chi connectivity index (χ4v) is 2.23. The fraction of sp³-hybridized carbons (Fsp3) is 0.583. The molecule has 1 aliphatic rings. The molecule has 0 bridgehead atoms. The highest BCUT2D eigenvalue weighted by molar-refractivity contribution is 5.95. The van der Waals surface area contributed by atoms with Gasteiger partial charge in [-0.05, 0) is 19.9 Å². The molecule has 1 aliphatic heterocycles. The van der Waals surface area contributed by atoms with Crippen LogP contribution in [0.5, 0.6) is 0 Å². The molecule has 2 atom stereocenters. The molecule has 2 heterocycles. The number of furan rings is 1. The lowest BCUT2D eigenvalue weighted by Crippen LogP contribution is -2.44. The van der Waals surface area contributed by atoms with Gasteiger partial charge in [-0.3, -0.25) is 4.79 Å². The first kappa shape index (κ1) is 12.1. The molecule has 17 heavy (non-hydrogen) atoms. The largest absolute Gasteiger partial charge is 0.466 e. The summed E-state index contributed by atoms with van der Waals surface area (Å²) in [6.07, 6.45) is -0.503. The lowest BCUT2D eigenvalue weighted by Gasteiger charge is -2.26. The highest BCUT2D eigenvalue weighted by Crippen LogP contribution is 2.18. The van der Waals surface area contributed by atoms with Gasteiger partial charge in [0.1, 0.15) is 11.5 Å². The number of amides is 1. The third-order valence-electron chi connectivity index (χ3n) is 3.24. The van der Waals surface area contributed by atoms with Crippen LogP contribution in [0, 0.1) is 13.8 Å². The molecule has 0 aliphatic carbocycles. The first-order valence-electron chi connectivity index (χ1n) is 5.73. The lowest BCUT2D eigenvalue weighted by atomic mass is 10.1. The van der Waals surface area contributed by atoms with E-state index in [0.717, 1.165) is 5.76 Å². The summed E-state index contributed by atoms with van der Waals surface area (Å²) in [5.74, 6) is 1.25. The molecule has 1 amide bonds. The smallest absolute Gasteiger partial charge is 0.257 e. The second kappa shape index (κ2) is 4.50. The summed E-state index contributed by atoms with van der Waals surface area (Å²) < 4.78 is 5.35. The van der Waals surface area contributed by atoms with Crippen LogP contribution >= 0.6 is 0 Å². The van der Waals surface area contributed by atoms with Gasteiger partial charge in [-0.25, -0.2) is 0 Å². The van der Waals surface area contributed by atoms with E-state index < -0.39 is 6.10 Å². The number of nitrogens with one attached hydrogen (secondary N) is 1. The summed E-state index contributed by atoms with van der Waals surface area (Å²) in [4.78, 5) is 13.8. The number of rotatable bonds is 2. The Morgan fingerprint density at radius 3 is 2.71 bits per heavy atom. The number of nitrogens with zero attached hydrogens (tertiary/aromatic N) is 1. The van der Waals surface area contributed by atoms with E-state index in [4.69, 9.17) is 4.42 Å². The average molecular weight is 238 g/mol. The Kier molecular flexibility index (Phi) is 3.22. The van der Waals surface area contributed by atoms with Crippen LogP contribution in [0.25, 0.3) is 0 Å². The van der Waals surface area contributed by atoms with Gasteiger partial charge in [-0.15, -0.1) is 0 Å². The topological polar surface area (TPSA) is 65.7 Å². The second-order valence-corrected chi connectivity index (χ2v) is 4.54. The van der Waals surface area contributed by atoms with E-state index in [2.05, 4.69) is 5.32 Å². The van der Waals surface area contributed by atoms with Crippen LogP contribution in [0.1, 0.15) is 21.9 Å². The van der Waals surface area contributed by atoms with Crippen LogP contribution in [0.4, 0.5) is 0 Å². The Morgan fingerprint density at radius 2 is 2.24 bits per heavy atom. The maximum atomic E-state index is 12.2. The summed E-state index contributed by atoms with van der Waals surface area (Å²) in [7, 11) is 1.71. The SMILES string of the molecule is Cc1cc(C(=O)N(C)[C@@H]2CNC[C@H]2O)c(C)o1. The molecule has 0 radical (unpaired) electrons. The molecule has 2 N–H and O–H groups in total. The zero-order valence-corrected chi connectivity index (χ0v) is 10.4. The molecule has 5 nitrogen and oxygen atoms in total. The van der Waals surface area contributed by atoms with Crippen molar-refractivity contribution in [2.45, 2.75) is 26.0 Å². The number of aliphatic hydroxyl groups excluding tert-OH is 1. The fourth-order valence-electron chi connectivity index (χ4n) is 2.23. The van der Waals surface area contributed by atoms with Crippen molar-refractivity contribution in [3.8, 4) is 0 Å². The van der Waals surface area contributed by atoms with Crippen molar-refractivity contribution in [3.63, 3.8) is 0 Å². The third kappa shape index (κ3) is 2.21. The van der Waals surface area contributed by atoms with E-state index in [-0.39, 0.29) is 11.9 Å².